The van der Waals surface area contributed by atoms with E-state index in [4.69, 9.17) is 16.6 Å². The van der Waals surface area contributed by atoms with Crippen molar-refractivity contribution in [3.8, 4) is 11.4 Å². The fourth-order valence-corrected chi connectivity index (χ4v) is 4.56. The average molecular weight is 454 g/mol. The van der Waals surface area contributed by atoms with E-state index in [-0.39, 0.29) is 5.91 Å². The lowest BCUT2D eigenvalue weighted by atomic mass is 10.1. The Balaban J connectivity index is 1.38. The van der Waals surface area contributed by atoms with Crippen LogP contribution in [0.5, 0.6) is 0 Å². The third kappa shape index (κ3) is 4.12. The minimum absolute atomic E-state index is 0.144. The van der Waals surface area contributed by atoms with E-state index < -0.39 is 0 Å². The number of nitrogens with one attached hydrogen (secondary N) is 2. The van der Waals surface area contributed by atoms with Crippen LogP contribution in [0, 0.1) is 0 Å². The van der Waals surface area contributed by atoms with Crippen molar-refractivity contribution in [2.75, 3.05) is 57.0 Å². The summed E-state index contributed by atoms with van der Waals surface area (Å²) in [5.41, 5.74) is 4.33. The van der Waals surface area contributed by atoms with Gasteiger partial charge in [-0.1, -0.05) is 11.6 Å². The van der Waals surface area contributed by atoms with Crippen LogP contribution in [0.1, 0.15) is 12.8 Å². The van der Waals surface area contributed by atoms with Crippen LogP contribution in [0.2, 0.25) is 5.02 Å². The number of nitrogens with zero attached hydrogens (tertiary/aromatic N) is 5. The number of piperidine rings is 1. The molecule has 0 aliphatic carbocycles. The van der Waals surface area contributed by atoms with Crippen molar-refractivity contribution in [3.63, 3.8) is 0 Å². The number of carbonyl (C=O) groups is 1. The number of H-pyrrole nitrogens is 1. The molecule has 4 heterocycles. The molecule has 2 aromatic heterocycles. The lowest BCUT2D eigenvalue weighted by Gasteiger charge is -2.33. The Hall–Kier alpha value is -2.84. The molecule has 0 unspecified atom stereocenters. The predicted molar refractivity (Wildman–Crippen MR) is 128 cm³/mol. The van der Waals surface area contributed by atoms with Crippen molar-refractivity contribution in [1.29, 1.82) is 0 Å². The van der Waals surface area contributed by atoms with Gasteiger partial charge in [-0.05, 0) is 57.2 Å². The fraction of sp³-hybridized carbons (Fsp3) is 0.435. The molecule has 2 aliphatic heterocycles. The third-order valence-corrected chi connectivity index (χ3v) is 6.78. The van der Waals surface area contributed by atoms with Gasteiger partial charge in [-0.3, -0.25) is 4.79 Å². The maximum Gasteiger partial charge on any atom is 0.241 e. The Kier molecular flexibility index (Phi) is 5.65. The Labute approximate surface area is 192 Å². The molecule has 0 saturated carbocycles. The number of piperazine rings is 1. The second kappa shape index (κ2) is 8.60. The molecule has 32 heavy (non-hydrogen) atoms. The number of pyridine rings is 1. The van der Waals surface area contributed by atoms with E-state index in [9.17, 15) is 4.79 Å². The summed E-state index contributed by atoms with van der Waals surface area (Å²) in [4.78, 5) is 30.9. The second-order valence-electron chi connectivity index (χ2n) is 8.77. The Bertz CT molecular complexity index is 1120. The number of imidazole rings is 1. The molecule has 5 rings (SSSR count). The Morgan fingerprint density at radius 2 is 1.84 bits per heavy atom. The second-order valence-corrected chi connectivity index (χ2v) is 9.18. The van der Waals surface area contributed by atoms with Crippen molar-refractivity contribution in [1.82, 2.24) is 24.8 Å². The number of carbonyl (C=O) groups excluding carboxylic acids is 1. The quantitative estimate of drug-likeness (QED) is 0.632. The summed E-state index contributed by atoms with van der Waals surface area (Å²) in [7, 11) is 4.00. The Morgan fingerprint density at radius 1 is 1.09 bits per heavy atom. The maximum absolute atomic E-state index is 12.0. The minimum atomic E-state index is 0.144. The normalized spacial score (nSPS) is 18.5. The van der Waals surface area contributed by atoms with Gasteiger partial charge in [0.15, 0.2) is 5.65 Å². The number of aromatic nitrogens is 3. The summed E-state index contributed by atoms with van der Waals surface area (Å²) in [5.74, 6) is 0.896. The van der Waals surface area contributed by atoms with Gasteiger partial charge in [0.2, 0.25) is 5.91 Å². The monoisotopic (exact) mass is 453 g/mol. The van der Waals surface area contributed by atoms with Gasteiger partial charge >= 0.3 is 0 Å². The van der Waals surface area contributed by atoms with Gasteiger partial charge in [0.05, 0.1) is 23.5 Å². The van der Waals surface area contributed by atoms with Crippen LogP contribution in [-0.2, 0) is 4.79 Å². The van der Waals surface area contributed by atoms with Crippen LogP contribution in [0.15, 0.2) is 30.5 Å². The summed E-state index contributed by atoms with van der Waals surface area (Å²) < 4.78 is 0. The van der Waals surface area contributed by atoms with Gasteiger partial charge in [-0.15, -0.1) is 0 Å². The molecule has 0 bridgehead atoms. The van der Waals surface area contributed by atoms with E-state index in [0.717, 1.165) is 67.3 Å². The highest BCUT2D eigenvalue weighted by molar-refractivity contribution is 6.34. The van der Waals surface area contributed by atoms with Crippen molar-refractivity contribution < 1.29 is 4.79 Å². The van der Waals surface area contributed by atoms with Crippen molar-refractivity contribution in [2.24, 2.45) is 0 Å². The van der Waals surface area contributed by atoms with E-state index in [2.05, 4.69) is 32.1 Å². The fourth-order valence-electron chi connectivity index (χ4n) is 4.37. The molecule has 1 amide bonds. The van der Waals surface area contributed by atoms with Crippen LogP contribution in [0.4, 0.5) is 11.4 Å². The van der Waals surface area contributed by atoms with Crippen LogP contribution in [0.3, 0.4) is 0 Å². The summed E-state index contributed by atoms with van der Waals surface area (Å²) in [6.45, 7) is 4.13. The first kappa shape index (κ1) is 21.0. The molecule has 0 atom stereocenters. The number of benzene rings is 1. The highest BCUT2D eigenvalue weighted by Crippen LogP contribution is 2.32. The zero-order valence-electron chi connectivity index (χ0n) is 18.4. The smallest absolute Gasteiger partial charge is 0.241 e. The molecule has 0 radical (unpaired) electrons. The molecule has 1 aromatic carbocycles. The number of anilines is 2. The zero-order valence-corrected chi connectivity index (χ0v) is 19.2. The zero-order chi connectivity index (χ0) is 22.2. The molecule has 3 aromatic rings. The van der Waals surface area contributed by atoms with Crippen LogP contribution in [-0.4, -0.2) is 83.5 Å². The molecule has 8 nitrogen and oxygen atoms in total. The van der Waals surface area contributed by atoms with Crippen LogP contribution < -0.4 is 10.2 Å². The highest BCUT2D eigenvalue weighted by atomic mass is 35.5. The first-order chi connectivity index (χ1) is 15.5. The number of hydrogen-bond acceptors (Lipinski definition) is 6. The van der Waals surface area contributed by atoms with Crippen molar-refractivity contribution >= 4 is 40.0 Å². The summed E-state index contributed by atoms with van der Waals surface area (Å²) in [6.07, 6.45) is 3.82. The molecule has 2 saturated heterocycles. The number of aromatic amines is 1. The first-order valence-electron chi connectivity index (χ1n) is 11.1. The van der Waals surface area contributed by atoms with Crippen LogP contribution in [0.25, 0.3) is 22.6 Å². The van der Waals surface area contributed by atoms with Crippen molar-refractivity contribution in [2.45, 2.75) is 18.9 Å². The summed E-state index contributed by atoms with van der Waals surface area (Å²) >= 11 is 6.51. The van der Waals surface area contributed by atoms with E-state index in [0.29, 0.717) is 23.3 Å². The number of amides is 1. The third-order valence-electron chi connectivity index (χ3n) is 6.50. The SMILES string of the molecule is CN1CCC(Nc2c(Cl)cnc3[nH]c(-c4ccc(N5CCN(C)C(=O)C5)cc4)nc23)CC1. The Morgan fingerprint density at radius 3 is 2.56 bits per heavy atom. The number of hydrogen-bond donors (Lipinski definition) is 2. The molecule has 9 heteroatoms. The lowest BCUT2D eigenvalue weighted by molar-refractivity contribution is -0.129. The lowest BCUT2D eigenvalue weighted by Crippen LogP contribution is -2.48. The molecule has 2 aliphatic rings. The summed E-state index contributed by atoms with van der Waals surface area (Å²) in [5, 5.41) is 4.20. The average Bonchev–Trinajstić information content (AvgIpc) is 3.24. The van der Waals surface area contributed by atoms with Crippen LogP contribution >= 0.6 is 11.6 Å². The summed E-state index contributed by atoms with van der Waals surface area (Å²) in [6, 6.07) is 8.52. The van der Waals surface area contributed by atoms with Gasteiger partial charge in [0.25, 0.3) is 0 Å². The molecule has 2 N–H and O–H groups in total. The first-order valence-corrected chi connectivity index (χ1v) is 11.4. The molecule has 0 spiro atoms. The number of halogens is 1. The molecule has 168 valence electrons. The standard InChI is InChI=1S/C23H28ClN7O/c1-29-9-7-16(8-10-29)26-20-18(24)13-25-23-21(20)27-22(28-23)15-3-5-17(6-4-15)31-12-11-30(2)19(32)14-31/h3-6,13,16H,7-12,14H2,1-2H3,(H2,25,26,27,28). The predicted octanol–water partition coefficient (Wildman–Crippen LogP) is 3.06. The number of rotatable bonds is 4. The van der Waals surface area contributed by atoms with Gasteiger partial charge in [-0.2, -0.15) is 0 Å². The van der Waals surface area contributed by atoms with Gasteiger partial charge in [-0.25, -0.2) is 9.97 Å². The molecular weight excluding hydrogens is 426 g/mol. The highest BCUT2D eigenvalue weighted by Gasteiger charge is 2.22. The van der Waals surface area contributed by atoms with E-state index in [1.165, 1.54) is 0 Å². The topological polar surface area (TPSA) is 80.4 Å². The van der Waals surface area contributed by atoms with Gasteiger partial charge in [0.1, 0.15) is 11.3 Å². The van der Waals surface area contributed by atoms with E-state index in [1.807, 2.05) is 31.3 Å². The molecular formula is C23H28ClN7O. The molecule has 2 fully saturated rings. The number of likely N-dealkylation sites (tertiary alicyclic amines) is 1. The van der Waals surface area contributed by atoms with E-state index in [1.54, 1.807) is 11.1 Å². The number of likely N-dealkylation sites (N-methyl/N-ethyl adjacent to an activating group) is 1. The minimum Gasteiger partial charge on any atom is -0.379 e. The van der Waals surface area contributed by atoms with Gasteiger partial charge < -0.3 is 25.0 Å². The maximum atomic E-state index is 12.0. The number of fused-ring (bicyclic) bond motifs is 1. The van der Waals surface area contributed by atoms with Gasteiger partial charge in [0, 0.05) is 37.4 Å². The van der Waals surface area contributed by atoms with Crippen molar-refractivity contribution in [3.05, 3.63) is 35.5 Å². The van der Waals surface area contributed by atoms with E-state index >= 15 is 0 Å². The largest absolute Gasteiger partial charge is 0.379 e.